The Kier molecular flexibility index (Phi) is 4.95. The van der Waals surface area contributed by atoms with Gasteiger partial charge in [0.25, 0.3) is 5.69 Å². The minimum atomic E-state index is -0.457. The Morgan fingerprint density at radius 1 is 1.15 bits per heavy atom. The fourth-order valence-electron chi connectivity index (χ4n) is 2.65. The van der Waals surface area contributed by atoms with Crippen molar-refractivity contribution in [3.05, 3.63) is 93.2 Å². The fraction of sp³-hybridized carbons (Fsp3) is 0.0476. The number of nitro benzene ring substituents is 1. The van der Waals surface area contributed by atoms with Crippen molar-refractivity contribution in [3.8, 4) is 17.4 Å². The number of non-ortho nitro benzene ring substituents is 1. The number of hydrogen-bond acceptors (Lipinski definition) is 5. The Bertz CT molecular complexity index is 1090. The highest BCUT2D eigenvalue weighted by molar-refractivity contribution is 6.13. The maximum atomic E-state index is 12.4. The van der Waals surface area contributed by atoms with Crippen LogP contribution >= 0.6 is 0 Å². The summed E-state index contributed by atoms with van der Waals surface area (Å²) in [6, 6.07) is 18.2. The number of furan rings is 1. The molecule has 1 aromatic heterocycles. The molecule has 3 rings (SSSR count). The van der Waals surface area contributed by atoms with Gasteiger partial charge < -0.3 is 4.42 Å². The summed E-state index contributed by atoms with van der Waals surface area (Å²) >= 11 is 0. The Labute approximate surface area is 155 Å². The average molecular weight is 358 g/mol. The first-order valence-electron chi connectivity index (χ1n) is 8.06. The first-order chi connectivity index (χ1) is 13.0. The van der Waals surface area contributed by atoms with Crippen LogP contribution in [0, 0.1) is 28.4 Å². The molecule has 0 saturated heterocycles. The van der Waals surface area contributed by atoms with Gasteiger partial charge in [0.2, 0.25) is 5.78 Å². The lowest BCUT2D eigenvalue weighted by Crippen LogP contribution is -2.01. The number of rotatable bonds is 5. The highest BCUT2D eigenvalue weighted by Gasteiger charge is 2.15. The number of Topliss-reactive ketones (excluding diaryl/α,β-unsaturated/α-hetero) is 1. The van der Waals surface area contributed by atoms with Gasteiger partial charge in [-0.1, -0.05) is 30.3 Å². The second-order valence-corrected chi connectivity index (χ2v) is 5.82. The number of allylic oxidation sites excluding steroid dienone is 1. The molecule has 0 atom stereocenters. The number of hydrogen-bond donors (Lipinski definition) is 0. The highest BCUT2D eigenvalue weighted by atomic mass is 16.6. The fourth-order valence-corrected chi connectivity index (χ4v) is 2.65. The summed E-state index contributed by atoms with van der Waals surface area (Å²) in [4.78, 5) is 22.8. The van der Waals surface area contributed by atoms with Crippen molar-refractivity contribution in [2.24, 2.45) is 0 Å². The van der Waals surface area contributed by atoms with Crippen molar-refractivity contribution < 1.29 is 14.1 Å². The number of ketones is 1. The third kappa shape index (κ3) is 3.83. The summed E-state index contributed by atoms with van der Waals surface area (Å²) in [7, 11) is 0. The Morgan fingerprint density at radius 3 is 2.52 bits per heavy atom. The summed E-state index contributed by atoms with van der Waals surface area (Å²) < 4.78 is 5.72. The normalized spacial score (nSPS) is 11.0. The van der Waals surface area contributed by atoms with E-state index in [1.807, 2.05) is 6.07 Å². The van der Waals surface area contributed by atoms with E-state index in [2.05, 4.69) is 0 Å². The zero-order valence-corrected chi connectivity index (χ0v) is 14.4. The number of benzene rings is 2. The number of carbonyl (C=O) groups is 1. The number of nitro groups is 1. The minimum Gasteiger partial charge on any atom is -0.457 e. The van der Waals surface area contributed by atoms with E-state index in [-0.39, 0.29) is 17.0 Å². The Hall–Kier alpha value is -3.98. The second kappa shape index (κ2) is 7.50. The predicted molar refractivity (Wildman–Crippen MR) is 99.9 cm³/mol. The minimum absolute atomic E-state index is 0.00292. The molecule has 0 amide bonds. The molecule has 132 valence electrons. The van der Waals surface area contributed by atoms with Gasteiger partial charge >= 0.3 is 0 Å². The Balaban J connectivity index is 1.91. The lowest BCUT2D eigenvalue weighted by atomic mass is 10.0. The van der Waals surface area contributed by atoms with Crippen molar-refractivity contribution >= 4 is 17.5 Å². The number of nitriles is 1. The van der Waals surface area contributed by atoms with E-state index in [0.717, 1.165) is 0 Å². The average Bonchev–Trinajstić information content (AvgIpc) is 3.14. The van der Waals surface area contributed by atoms with Gasteiger partial charge in [-0.3, -0.25) is 14.9 Å². The molecule has 0 aliphatic rings. The first kappa shape index (κ1) is 17.8. The molecule has 0 radical (unpaired) electrons. The Morgan fingerprint density at radius 2 is 1.89 bits per heavy atom. The molecule has 6 nitrogen and oxygen atoms in total. The lowest BCUT2D eigenvalue weighted by Gasteiger charge is -2.02. The molecular weight excluding hydrogens is 344 g/mol. The van der Waals surface area contributed by atoms with E-state index in [9.17, 15) is 20.2 Å². The van der Waals surface area contributed by atoms with Crippen molar-refractivity contribution in [2.45, 2.75) is 6.92 Å². The lowest BCUT2D eigenvalue weighted by molar-refractivity contribution is -0.384. The van der Waals surface area contributed by atoms with Crippen LogP contribution in [0.5, 0.6) is 0 Å². The van der Waals surface area contributed by atoms with Gasteiger partial charge in [0.15, 0.2) is 0 Å². The quantitative estimate of drug-likeness (QED) is 0.211. The van der Waals surface area contributed by atoms with Crippen molar-refractivity contribution in [1.82, 2.24) is 0 Å². The molecule has 0 aliphatic carbocycles. The standard InChI is InChI=1S/C21H14N2O4/c1-14-11-17(23(25)26)7-9-19(14)20-10-8-18(27-20)12-16(13-22)21(24)15-5-3-2-4-6-15/h2-12H,1H3. The van der Waals surface area contributed by atoms with Crippen molar-refractivity contribution in [1.29, 1.82) is 5.26 Å². The van der Waals surface area contributed by atoms with Crippen LogP contribution < -0.4 is 0 Å². The number of nitrogens with zero attached hydrogens (tertiary/aromatic N) is 2. The highest BCUT2D eigenvalue weighted by Crippen LogP contribution is 2.29. The first-order valence-corrected chi connectivity index (χ1v) is 8.06. The largest absolute Gasteiger partial charge is 0.457 e. The summed E-state index contributed by atoms with van der Waals surface area (Å²) in [5, 5.41) is 20.2. The second-order valence-electron chi connectivity index (χ2n) is 5.82. The van der Waals surface area contributed by atoms with Crippen molar-refractivity contribution in [2.75, 3.05) is 0 Å². The molecular formula is C21H14N2O4. The third-order valence-electron chi connectivity index (χ3n) is 4.00. The van der Waals surface area contributed by atoms with E-state index in [1.54, 1.807) is 55.5 Å². The van der Waals surface area contributed by atoms with Gasteiger partial charge in [-0.2, -0.15) is 5.26 Å². The molecule has 0 N–H and O–H groups in total. The van der Waals surface area contributed by atoms with E-state index in [4.69, 9.17) is 4.42 Å². The summed E-state index contributed by atoms with van der Waals surface area (Å²) in [5.41, 5.74) is 1.78. The SMILES string of the molecule is Cc1cc([N+](=O)[O-])ccc1-c1ccc(C=C(C#N)C(=O)c2ccccc2)o1. The van der Waals surface area contributed by atoms with Crippen LogP contribution in [-0.4, -0.2) is 10.7 Å². The molecule has 0 aliphatic heterocycles. The number of aryl methyl sites for hydroxylation is 1. The van der Waals surface area contributed by atoms with E-state index >= 15 is 0 Å². The molecule has 0 spiro atoms. The van der Waals surface area contributed by atoms with Gasteiger partial charge in [0.1, 0.15) is 23.2 Å². The van der Waals surface area contributed by atoms with Gasteiger partial charge in [-0.05, 0) is 30.7 Å². The van der Waals surface area contributed by atoms with Crippen LogP contribution in [0.15, 0.2) is 70.7 Å². The van der Waals surface area contributed by atoms with Gasteiger partial charge in [-0.25, -0.2) is 0 Å². The summed E-state index contributed by atoms with van der Waals surface area (Å²) in [6.07, 6.45) is 1.39. The monoisotopic (exact) mass is 358 g/mol. The number of carbonyl (C=O) groups excluding carboxylic acids is 1. The molecule has 2 aromatic carbocycles. The molecule has 27 heavy (non-hydrogen) atoms. The third-order valence-corrected chi connectivity index (χ3v) is 4.00. The van der Waals surface area contributed by atoms with Gasteiger partial charge in [0, 0.05) is 29.3 Å². The summed E-state index contributed by atoms with van der Waals surface area (Å²) in [5.74, 6) is 0.462. The van der Waals surface area contributed by atoms with Gasteiger partial charge in [0.05, 0.1) is 4.92 Å². The van der Waals surface area contributed by atoms with Crippen LogP contribution in [0.3, 0.4) is 0 Å². The molecule has 0 fully saturated rings. The van der Waals surface area contributed by atoms with E-state index in [0.29, 0.717) is 28.2 Å². The van der Waals surface area contributed by atoms with Gasteiger partial charge in [-0.15, -0.1) is 0 Å². The molecule has 0 unspecified atom stereocenters. The van der Waals surface area contributed by atoms with Crippen LogP contribution in [-0.2, 0) is 0 Å². The van der Waals surface area contributed by atoms with Crippen LogP contribution in [0.2, 0.25) is 0 Å². The maximum absolute atomic E-state index is 12.4. The van der Waals surface area contributed by atoms with Crippen LogP contribution in [0.25, 0.3) is 17.4 Å². The topological polar surface area (TPSA) is 97.1 Å². The molecule has 3 aromatic rings. The molecule has 0 saturated carbocycles. The smallest absolute Gasteiger partial charge is 0.269 e. The predicted octanol–water partition coefficient (Wildman–Crippen LogP) is 4.95. The molecule has 6 heteroatoms. The summed E-state index contributed by atoms with van der Waals surface area (Å²) in [6.45, 7) is 1.75. The van der Waals surface area contributed by atoms with Crippen molar-refractivity contribution in [3.63, 3.8) is 0 Å². The van der Waals surface area contributed by atoms with E-state index < -0.39 is 4.92 Å². The maximum Gasteiger partial charge on any atom is 0.269 e. The van der Waals surface area contributed by atoms with Crippen LogP contribution in [0.4, 0.5) is 5.69 Å². The molecule has 0 bridgehead atoms. The zero-order valence-electron chi connectivity index (χ0n) is 14.4. The zero-order chi connectivity index (χ0) is 19.4. The molecule has 1 heterocycles. The van der Waals surface area contributed by atoms with E-state index in [1.165, 1.54) is 18.2 Å². The van der Waals surface area contributed by atoms with Crippen LogP contribution in [0.1, 0.15) is 21.7 Å².